The maximum Gasteiger partial charge on any atom is 0.271 e. The summed E-state index contributed by atoms with van der Waals surface area (Å²) in [5, 5.41) is -5.11. The molecule has 6 bridgehead atoms. The molecule has 21 nitrogen and oxygen atoms in total. The van der Waals surface area contributed by atoms with E-state index in [1.54, 1.807) is 0 Å². The molecule has 5 aromatic rings. The number of anilines is 3. The van der Waals surface area contributed by atoms with Crippen molar-refractivity contribution in [3.63, 3.8) is 0 Å². The number of ether oxygens (including phenoxy) is 3. The number of alkyl halides is 6. The Kier molecular flexibility index (Phi) is 24.0. The molecule has 9 saturated heterocycles. The van der Waals surface area contributed by atoms with Gasteiger partial charge in [0.2, 0.25) is 17.7 Å². The van der Waals surface area contributed by atoms with Gasteiger partial charge in [0, 0.05) is 107 Å². The fourth-order valence-electron chi connectivity index (χ4n) is 13.1. The SMILES string of the molecule is CC(=O)O[CH-]C(F)(F)S(=O)(=O)[O-].CC(=O)O[CH-]C(F)(F)S(=O)(=O)[O-].CC(=O)O[CH-]C(F)(F)S(=O)(=O)[O-].O=C1C2C3CCC(S3)C2CN1c1ccc2ccccc2c1.O=C1C2C3CCC(S3)C2CN1c1ccc2ccccc2c1.O=C1C2C3CCC(S3)C2CN1c1ccccc1.[Rf].[Rf].[Rf]. The maximum atomic E-state index is 12.8. The number of carbonyl (C=O) groups excluding carboxylic acids is 6. The van der Waals surface area contributed by atoms with Crippen LogP contribution in [0.15, 0.2) is 115 Å². The van der Waals surface area contributed by atoms with Gasteiger partial charge < -0.3 is 42.6 Å². The van der Waals surface area contributed by atoms with Crippen LogP contribution in [0.2, 0.25) is 0 Å². The Morgan fingerprint density at radius 1 is 0.408 bits per heavy atom. The molecule has 3 amide bonds. The van der Waals surface area contributed by atoms with Crippen molar-refractivity contribution in [2.45, 2.75) is 107 Å². The molecule has 0 spiro atoms. The van der Waals surface area contributed by atoms with Crippen LogP contribution < -0.4 is 14.7 Å². The van der Waals surface area contributed by atoms with E-state index in [0.29, 0.717) is 69.0 Å². The van der Waals surface area contributed by atoms with E-state index in [9.17, 15) is 94.0 Å². The summed E-state index contributed by atoms with van der Waals surface area (Å²) in [7, 11) is -17.4. The Labute approximate surface area is 556 Å². The second kappa shape index (κ2) is 30.3. The monoisotopic (exact) mass is 2240 g/mol. The summed E-state index contributed by atoms with van der Waals surface area (Å²) in [6.45, 7) is 3.30. The zero-order chi connectivity index (χ0) is 69.3. The molecular formula is C62H61F6N3O18Rf3S6-6. The van der Waals surface area contributed by atoms with Crippen LogP contribution in [0.3, 0.4) is 0 Å². The van der Waals surface area contributed by atoms with Gasteiger partial charge in [-0.25, -0.2) is 51.6 Å². The topological polar surface area (TPSA) is 311 Å². The van der Waals surface area contributed by atoms with Gasteiger partial charge >= 0.3 is 0 Å². The Morgan fingerprint density at radius 2 is 0.663 bits per heavy atom. The number of amides is 3. The van der Waals surface area contributed by atoms with Crippen molar-refractivity contribution in [2.24, 2.45) is 35.5 Å². The van der Waals surface area contributed by atoms with Crippen LogP contribution in [0.4, 0.5) is 43.4 Å². The maximum absolute atomic E-state index is 12.8. The molecule has 12 atom stereocenters. The minimum absolute atomic E-state index is 0. The summed E-state index contributed by atoms with van der Waals surface area (Å²) >= 11 is 6.24. The summed E-state index contributed by atoms with van der Waals surface area (Å²) in [5.41, 5.74) is 3.24. The van der Waals surface area contributed by atoms with Crippen LogP contribution in [0, 0.1) is 55.3 Å². The van der Waals surface area contributed by atoms with Crippen molar-refractivity contribution in [1.82, 2.24) is 0 Å². The zero-order valence-corrected chi connectivity index (χ0v) is 76.6. The smallest absolute Gasteiger partial charge is 0.271 e. The molecule has 9 fully saturated rings. The van der Waals surface area contributed by atoms with Crippen molar-refractivity contribution in [2.75, 3.05) is 34.3 Å². The van der Waals surface area contributed by atoms with Gasteiger partial charge in [0.05, 0.1) is 17.8 Å². The number of carbonyl (C=O) groups is 6. The van der Waals surface area contributed by atoms with Crippen LogP contribution in [0.5, 0.6) is 0 Å². The number of hydrogen-bond acceptors (Lipinski definition) is 21. The molecule has 9 aliphatic heterocycles. The van der Waals surface area contributed by atoms with Gasteiger partial charge in [-0.05, 0) is 96.5 Å². The number of rotatable bonds is 12. The minimum Gasteiger partial charge on any atom is -0.746 e. The summed E-state index contributed by atoms with van der Waals surface area (Å²) in [6, 6.07) is 39.7. The second-order valence-electron chi connectivity index (χ2n) is 23.4. The molecule has 0 saturated carbocycles. The van der Waals surface area contributed by atoms with E-state index in [1.165, 1.54) is 60.1 Å². The molecule has 522 valence electrons. The molecule has 0 radical (unpaired) electrons. The van der Waals surface area contributed by atoms with Gasteiger partial charge in [0.15, 0.2) is 0 Å². The molecule has 98 heavy (non-hydrogen) atoms. The molecule has 9 heterocycles. The van der Waals surface area contributed by atoms with Gasteiger partial charge in [-0.2, -0.15) is 35.3 Å². The first kappa shape index (κ1) is 77.8. The first-order chi connectivity index (χ1) is 44.5. The third-order valence-electron chi connectivity index (χ3n) is 17.4. The molecule has 0 aliphatic carbocycles. The van der Waals surface area contributed by atoms with Crippen LogP contribution in [0.25, 0.3) is 21.5 Å². The van der Waals surface area contributed by atoms with Crippen LogP contribution >= 0.6 is 35.3 Å². The first-order valence-corrected chi connectivity index (χ1v) is 36.5. The van der Waals surface area contributed by atoms with E-state index in [2.05, 4.69) is 134 Å². The predicted molar refractivity (Wildman–Crippen MR) is 338 cm³/mol. The van der Waals surface area contributed by atoms with E-state index in [0.717, 1.165) is 73.2 Å². The van der Waals surface area contributed by atoms with Gasteiger partial charge in [0.1, 0.15) is 30.4 Å². The minimum atomic E-state index is -5.81. The van der Waals surface area contributed by atoms with Crippen molar-refractivity contribution < 1.29 is 108 Å². The fourth-order valence-corrected chi connectivity index (χ4v) is 19.4. The van der Waals surface area contributed by atoms with E-state index in [4.69, 9.17) is 0 Å². The normalized spacial score (nSPS) is 25.9. The third kappa shape index (κ3) is 16.8. The number of nitrogens with zero attached hydrogens (tertiary/aromatic N) is 3. The number of esters is 3. The number of benzene rings is 5. The van der Waals surface area contributed by atoms with Gasteiger partial charge in [-0.15, -0.1) is 0 Å². The number of thioether (sulfide) groups is 3. The van der Waals surface area contributed by atoms with Crippen LogP contribution in [-0.4, -0.2) is 141 Å². The molecule has 0 aromatic heterocycles. The zero-order valence-electron chi connectivity index (χ0n) is 52.5. The molecule has 9 aliphatic rings. The Hall–Kier alpha value is -9.20. The van der Waals surface area contributed by atoms with Gasteiger partial charge in [0.25, 0.3) is 33.7 Å². The average molecular weight is 2240 g/mol. The fraction of sp³-hybridized carbons (Fsp3) is 0.435. The summed E-state index contributed by atoms with van der Waals surface area (Å²) < 4.78 is 171. The standard InChI is InChI=1S/2C18H17NOS.C14H15NOS.3C4H5F2O5S.3Rf/c2*20-18-17-14(15-7-8-16(17)21-15)10-19(18)13-6-5-11-3-1-2-4-12(11)9-13;16-14-13-10(11-6-7-12(13)17-11)8-15(14)9-4-2-1-3-5-9;3*1-3(7)11-2-4(5,6)12(8,9)10;;;/h2*1-6,9,14-17H,7-8,10H2;1-5,10-13H,6-8H2;3*2H,1H3,(H,8,9,10);;;/q;;;3*-1;;;/p-3. The van der Waals surface area contributed by atoms with Crippen LogP contribution in [0.1, 0.15) is 59.3 Å². The summed E-state index contributed by atoms with van der Waals surface area (Å²) in [6.07, 6.45) is 7.70. The number of hydrogen-bond donors (Lipinski definition) is 0. The molecule has 5 aromatic carbocycles. The van der Waals surface area contributed by atoms with E-state index in [-0.39, 0.29) is 0 Å². The van der Waals surface area contributed by atoms with Crippen molar-refractivity contribution in [3.8, 4) is 0 Å². The van der Waals surface area contributed by atoms with Gasteiger partial charge in [-0.3, -0.25) is 28.8 Å². The first-order valence-electron chi connectivity index (χ1n) is 29.4. The van der Waals surface area contributed by atoms with Crippen molar-refractivity contribution in [3.05, 3.63) is 135 Å². The number of fused-ring (bicyclic) bond motifs is 17. The molecule has 14 rings (SSSR count). The Morgan fingerprint density at radius 3 is 0.929 bits per heavy atom. The van der Waals surface area contributed by atoms with Crippen LogP contribution in [-0.2, 0) is 73.3 Å². The third-order valence-corrected chi connectivity index (χ3v) is 25.1. The summed E-state index contributed by atoms with van der Waals surface area (Å²) in [4.78, 5) is 74.1. The Bertz CT molecular complexity index is 3820. The van der Waals surface area contributed by atoms with E-state index >= 15 is 0 Å². The quantitative estimate of drug-likeness (QED) is 0.0369. The van der Waals surface area contributed by atoms with E-state index in [1.807, 2.05) is 45.0 Å². The van der Waals surface area contributed by atoms with Crippen molar-refractivity contribution in [1.29, 1.82) is 0 Å². The summed E-state index contributed by atoms with van der Waals surface area (Å²) in [5.74, 6) is 0.395. The van der Waals surface area contributed by atoms with Crippen molar-refractivity contribution >= 4 is 140 Å². The van der Waals surface area contributed by atoms with Gasteiger partial charge in [-0.1, -0.05) is 98.7 Å². The average Bonchev–Trinajstić information content (AvgIpc) is 1.60. The molecule has 36 heteroatoms. The largest absolute Gasteiger partial charge is 0.746 e. The Balaban J connectivity index is 0.000000188. The molecule has 0 N–H and O–H groups in total. The second-order valence-corrected chi connectivity index (χ2v) is 32.2. The molecule has 12 unspecified atom stereocenters. The molecular weight excluding hydrogens is 2180 g/mol. The number of halogens is 6. The van der Waals surface area contributed by atoms with E-state index < -0.39 is 83.8 Å². The number of para-hydroxylation sites is 1. The predicted octanol–water partition coefficient (Wildman–Crippen LogP) is 9.48.